The van der Waals surface area contributed by atoms with Crippen LogP contribution in [0, 0.1) is 0 Å². The number of amides is 2. The van der Waals surface area contributed by atoms with Gasteiger partial charge in [-0.05, 0) is 55.2 Å². The van der Waals surface area contributed by atoms with Crippen molar-refractivity contribution in [2.75, 3.05) is 0 Å². The predicted molar refractivity (Wildman–Crippen MR) is 137 cm³/mol. The topological polar surface area (TPSA) is 49.4 Å². The number of nitrogens with one attached hydrogen (secondary N) is 1. The number of hydrogen-bond acceptors (Lipinski definition) is 2. The number of aryl methyl sites for hydroxylation is 1. The summed E-state index contributed by atoms with van der Waals surface area (Å²) in [7, 11) is 0. The molecule has 33 heavy (non-hydrogen) atoms. The van der Waals surface area contributed by atoms with E-state index < -0.39 is 6.04 Å². The average Bonchev–Trinajstić information content (AvgIpc) is 2.78. The van der Waals surface area contributed by atoms with Gasteiger partial charge in [0.2, 0.25) is 11.8 Å². The molecule has 0 saturated heterocycles. The second kappa shape index (κ2) is 11.5. The molecular weight excluding hydrogens is 455 g/mol. The first-order chi connectivity index (χ1) is 15.8. The number of halogens is 2. The van der Waals surface area contributed by atoms with E-state index in [0.717, 1.165) is 16.3 Å². The van der Waals surface area contributed by atoms with Crippen molar-refractivity contribution in [2.45, 2.75) is 58.7 Å². The molecular formula is C27H30Cl2N2O2. The first-order valence-corrected chi connectivity index (χ1v) is 12.1. The van der Waals surface area contributed by atoms with Crippen LogP contribution in [-0.2, 0) is 22.6 Å². The summed E-state index contributed by atoms with van der Waals surface area (Å²) in [6.07, 6.45) is 1.34. The minimum atomic E-state index is -0.611. The normalized spacial score (nSPS) is 12.1. The minimum Gasteiger partial charge on any atom is -0.352 e. The zero-order chi connectivity index (χ0) is 24.0. The van der Waals surface area contributed by atoms with E-state index in [2.05, 4.69) is 23.5 Å². The lowest BCUT2D eigenvalue weighted by Crippen LogP contribution is -2.50. The third-order valence-electron chi connectivity index (χ3n) is 5.70. The monoisotopic (exact) mass is 484 g/mol. The molecule has 0 aromatic heterocycles. The first kappa shape index (κ1) is 25.1. The predicted octanol–water partition coefficient (Wildman–Crippen LogP) is 6.41. The Morgan fingerprint density at radius 2 is 1.58 bits per heavy atom. The summed E-state index contributed by atoms with van der Waals surface area (Å²) >= 11 is 12.8. The Morgan fingerprint density at radius 3 is 2.24 bits per heavy atom. The van der Waals surface area contributed by atoms with E-state index in [1.807, 2.05) is 45.0 Å². The molecule has 4 nitrogen and oxygen atoms in total. The van der Waals surface area contributed by atoms with Crippen LogP contribution < -0.4 is 5.32 Å². The van der Waals surface area contributed by atoms with Gasteiger partial charge < -0.3 is 10.2 Å². The Labute approximate surface area is 205 Å². The maximum Gasteiger partial charge on any atom is 0.243 e. The minimum absolute atomic E-state index is 0.0249. The van der Waals surface area contributed by atoms with Crippen LogP contribution >= 0.6 is 23.2 Å². The van der Waals surface area contributed by atoms with Gasteiger partial charge >= 0.3 is 0 Å². The van der Waals surface area contributed by atoms with Gasteiger partial charge in [-0.3, -0.25) is 9.59 Å². The molecule has 174 valence electrons. The van der Waals surface area contributed by atoms with E-state index in [9.17, 15) is 9.59 Å². The highest BCUT2D eigenvalue weighted by molar-refractivity contribution is 6.36. The number of rotatable bonds is 9. The molecule has 3 aromatic carbocycles. The van der Waals surface area contributed by atoms with Gasteiger partial charge in [-0.25, -0.2) is 0 Å². The van der Waals surface area contributed by atoms with Crippen LogP contribution in [0.4, 0.5) is 0 Å². The summed E-state index contributed by atoms with van der Waals surface area (Å²) in [6.45, 7) is 5.89. The van der Waals surface area contributed by atoms with Crippen molar-refractivity contribution in [3.05, 3.63) is 81.8 Å². The van der Waals surface area contributed by atoms with Crippen LogP contribution in [0.15, 0.2) is 60.7 Å². The summed E-state index contributed by atoms with van der Waals surface area (Å²) in [5, 5.41) is 6.18. The molecule has 0 bridgehead atoms. The molecule has 0 saturated carbocycles. The molecule has 1 N–H and O–H groups in total. The van der Waals surface area contributed by atoms with Crippen molar-refractivity contribution in [1.29, 1.82) is 0 Å². The van der Waals surface area contributed by atoms with Crippen LogP contribution in [0.5, 0.6) is 0 Å². The molecule has 0 radical (unpaired) electrons. The van der Waals surface area contributed by atoms with Crippen molar-refractivity contribution in [3.8, 4) is 0 Å². The van der Waals surface area contributed by atoms with Gasteiger partial charge in [-0.2, -0.15) is 0 Å². The number of hydrogen-bond donors (Lipinski definition) is 1. The van der Waals surface area contributed by atoms with Gasteiger partial charge in [-0.1, -0.05) is 78.7 Å². The summed E-state index contributed by atoms with van der Waals surface area (Å²) in [4.78, 5) is 28.1. The van der Waals surface area contributed by atoms with Gasteiger partial charge in [0, 0.05) is 34.6 Å². The summed E-state index contributed by atoms with van der Waals surface area (Å²) < 4.78 is 0. The zero-order valence-electron chi connectivity index (χ0n) is 19.3. The molecule has 2 amide bonds. The Morgan fingerprint density at radius 1 is 0.939 bits per heavy atom. The number of fused-ring (bicyclic) bond motifs is 1. The van der Waals surface area contributed by atoms with Crippen LogP contribution in [0.25, 0.3) is 10.8 Å². The Kier molecular flexibility index (Phi) is 8.76. The van der Waals surface area contributed by atoms with Crippen LogP contribution in [0.3, 0.4) is 0 Å². The van der Waals surface area contributed by atoms with Crippen LogP contribution in [-0.4, -0.2) is 28.8 Å². The molecule has 6 heteroatoms. The van der Waals surface area contributed by atoms with Crippen molar-refractivity contribution >= 4 is 45.8 Å². The lowest BCUT2D eigenvalue weighted by Gasteiger charge is -2.32. The molecule has 0 fully saturated rings. The zero-order valence-corrected chi connectivity index (χ0v) is 20.8. The molecule has 1 atom stereocenters. The summed E-state index contributed by atoms with van der Waals surface area (Å²) in [5.74, 6) is -0.279. The summed E-state index contributed by atoms with van der Waals surface area (Å²) in [6, 6.07) is 18.9. The van der Waals surface area contributed by atoms with Crippen LogP contribution in [0.2, 0.25) is 10.0 Å². The third kappa shape index (κ3) is 6.27. The van der Waals surface area contributed by atoms with Crippen molar-refractivity contribution in [1.82, 2.24) is 10.2 Å². The van der Waals surface area contributed by atoms with Crippen LogP contribution in [0.1, 0.15) is 44.7 Å². The van der Waals surface area contributed by atoms with Crippen molar-refractivity contribution < 1.29 is 9.59 Å². The largest absolute Gasteiger partial charge is 0.352 e. The van der Waals surface area contributed by atoms with E-state index >= 15 is 0 Å². The first-order valence-electron chi connectivity index (χ1n) is 11.3. The Hall–Kier alpha value is -2.56. The number of benzene rings is 3. The van der Waals surface area contributed by atoms with E-state index in [1.54, 1.807) is 23.1 Å². The maximum atomic E-state index is 13.5. The second-order valence-corrected chi connectivity index (χ2v) is 9.26. The summed E-state index contributed by atoms with van der Waals surface area (Å²) in [5.41, 5.74) is 1.76. The maximum absolute atomic E-state index is 13.5. The lowest BCUT2D eigenvalue weighted by atomic mass is 10.00. The molecule has 0 aliphatic carbocycles. The molecule has 0 aliphatic heterocycles. The van der Waals surface area contributed by atoms with E-state index in [0.29, 0.717) is 28.5 Å². The fraction of sp³-hybridized carbons (Fsp3) is 0.333. The quantitative estimate of drug-likeness (QED) is 0.381. The smallest absolute Gasteiger partial charge is 0.243 e. The second-order valence-electron chi connectivity index (χ2n) is 8.45. The average molecular weight is 485 g/mol. The SMILES string of the molecule is CC[C@@H](C(=O)NC(C)C)N(Cc1c(Cl)cccc1Cl)C(=O)CCc1cccc2ccccc12. The van der Waals surface area contributed by atoms with Gasteiger partial charge in [0.25, 0.3) is 0 Å². The van der Waals surface area contributed by atoms with Crippen molar-refractivity contribution in [3.63, 3.8) is 0 Å². The Balaban J connectivity index is 1.88. The molecule has 0 heterocycles. The standard InChI is InChI=1S/C27H30Cl2N2O2/c1-4-25(27(33)30-18(2)3)31(17-22-23(28)13-8-14-24(22)29)26(32)16-15-20-11-7-10-19-9-5-6-12-21(19)20/h5-14,18,25H,4,15-17H2,1-3H3,(H,30,33)/t25-/m0/s1. The molecule has 0 spiro atoms. The fourth-order valence-electron chi connectivity index (χ4n) is 4.05. The van der Waals surface area contributed by atoms with Gasteiger partial charge in [0.15, 0.2) is 0 Å². The molecule has 3 rings (SSSR count). The highest BCUT2D eigenvalue weighted by Gasteiger charge is 2.29. The lowest BCUT2D eigenvalue weighted by molar-refractivity contribution is -0.141. The van der Waals surface area contributed by atoms with E-state index in [-0.39, 0.29) is 30.8 Å². The Bertz CT molecular complexity index is 1100. The van der Waals surface area contributed by atoms with Gasteiger partial charge in [0.1, 0.15) is 6.04 Å². The number of carbonyl (C=O) groups excluding carboxylic acids is 2. The molecule has 0 unspecified atom stereocenters. The molecule has 0 aliphatic rings. The molecule has 3 aromatic rings. The third-order valence-corrected chi connectivity index (χ3v) is 6.40. The highest BCUT2D eigenvalue weighted by atomic mass is 35.5. The van der Waals surface area contributed by atoms with E-state index in [4.69, 9.17) is 23.2 Å². The highest BCUT2D eigenvalue weighted by Crippen LogP contribution is 2.28. The van der Waals surface area contributed by atoms with E-state index in [1.165, 1.54) is 0 Å². The number of nitrogens with zero attached hydrogens (tertiary/aromatic N) is 1. The fourth-order valence-corrected chi connectivity index (χ4v) is 4.57. The number of carbonyl (C=O) groups is 2. The van der Waals surface area contributed by atoms with Gasteiger partial charge in [0.05, 0.1) is 0 Å². The van der Waals surface area contributed by atoms with Crippen molar-refractivity contribution in [2.24, 2.45) is 0 Å². The van der Waals surface area contributed by atoms with Gasteiger partial charge in [-0.15, -0.1) is 0 Å².